The van der Waals surface area contributed by atoms with Crippen molar-refractivity contribution in [1.29, 1.82) is 0 Å². The van der Waals surface area contributed by atoms with Crippen molar-refractivity contribution in [1.82, 2.24) is 0 Å². The molecule has 0 saturated carbocycles. The highest BCUT2D eigenvalue weighted by atomic mass is 14.0. The SMILES string of the molecule is CB1Cc2ccccc2C1. The van der Waals surface area contributed by atoms with Gasteiger partial charge in [0, 0.05) is 0 Å². The predicted octanol–water partition coefficient (Wildman–Crippen LogP) is 1.99. The number of fused-ring (bicyclic) bond motifs is 1. The monoisotopic (exact) mass is 130 g/mol. The Labute approximate surface area is 62.3 Å². The van der Waals surface area contributed by atoms with Crippen molar-refractivity contribution < 1.29 is 0 Å². The maximum Gasteiger partial charge on any atom is 0.146 e. The van der Waals surface area contributed by atoms with Crippen LogP contribution in [-0.2, 0) is 12.6 Å². The molecular weight excluding hydrogens is 119 g/mol. The lowest BCUT2D eigenvalue weighted by Gasteiger charge is -1.93. The van der Waals surface area contributed by atoms with Crippen molar-refractivity contribution >= 4 is 6.71 Å². The predicted molar refractivity (Wildman–Crippen MR) is 45.5 cm³/mol. The van der Waals surface area contributed by atoms with Crippen LogP contribution >= 0.6 is 0 Å². The van der Waals surface area contributed by atoms with Gasteiger partial charge in [0.25, 0.3) is 0 Å². The largest absolute Gasteiger partial charge is 0.146 e. The molecule has 0 aromatic heterocycles. The minimum atomic E-state index is 0.873. The van der Waals surface area contributed by atoms with Crippen molar-refractivity contribution in [2.45, 2.75) is 19.5 Å². The molecule has 0 amide bonds. The molecule has 0 radical (unpaired) electrons. The fraction of sp³-hybridized carbons (Fsp3) is 0.333. The Bertz CT molecular complexity index is 217. The van der Waals surface area contributed by atoms with Crippen molar-refractivity contribution in [3.63, 3.8) is 0 Å². The van der Waals surface area contributed by atoms with E-state index in [-0.39, 0.29) is 0 Å². The minimum Gasteiger partial charge on any atom is -0.0855 e. The van der Waals surface area contributed by atoms with Crippen molar-refractivity contribution in [3.8, 4) is 0 Å². The van der Waals surface area contributed by atoms with Gasteiger partial charge in [-0.05, 0) is 12.6 Å². The lowest BCUT2D eigenvalue weighted by molar-refractivity contribution is 1.35. The Kier molecular flexibility index (Phi) is 1.30. The second-order valence-corrected chi connectivity index (χ2v) is 3.28. The summed E-state index contributed by atoms with van der Waals surface area (Å²) in [5, 5.41) is 0. The van der Waals surface area contributed by atoms with E-state index in [4.69, 9.17) is 0 Å². The van der Waals surface area contributed by atoms with Crippen LogP contribution < -0.4 is 0 Å². The van der Waals surface area contributed by atoms with Gasteiger partial charge in [-0.15, -0.1) is 0 Å². The normalized spacial score (nSPS) is 15.5. The van der Waals surface area contributed by atoms with Gasteiger partial charge in [-0.25, -0.2) is 0 Å². The molecule has 1 heterocycles. The molecule has 1 aliphatic rings. The average molecular weight is 130 g/mol. The van der Waals surface area contributed by atoms with Gasteiger partial charge >= 0.3 is 0 Å². The van der Waals surface area contributed by atoms with E-state index in [1.807, 2.05) is 0 Å². The molecule has 1 heteroatoms. The van der Waals surface area contributed by atoms with E-state index >= 15 is 0 Å². The van der Waals surface area contributed by atoms with Crippen molar-refractivity contribution in [3.05, 3.63) is 35.4 Å². The maximum absolute atomic E-state index is 2.32. The summed E-state index contributed by atoms with van der Waals surface area (Å²) >= 11 is 0. The second kappa shape index (κ2) is 2.15. The van der Waals surface area contributed by atoms with Gasteiger partial charge in [-0.1, -0.05) is 42.2 Å². The smallest absolute Gasteiger partial charge is 0.0855 e. The molecule has 0 unspecified atom stereocenters. The third kappa shape index (κ3) is 0.861. The first-order chi connectivity index (χ1) is 4.86. The summed E-state index contributed by atoms with van der Waals surface area (Å²) in [4.78, 5) is 0. The van der Waals surface area contributed by atoms with Gasteiger partial charge in [0.15, 0.2) is 0 Å². The van der Waals surface area contributed by atoms with Crippen LogP contribution in [0.25, 0.3) is 0 Å². The van der Waals surface area contributed by atoms with Crippen LogP contribution in [0.1, 0.15) is 11.1 Å². The van der Waals surface area contributed by atoms with Gasteiger partial charge in [-0.3, -0.25) is 0 Å². The highest BCUT2D eigenvalue weighted by Crippen LogP contribution is 2.19. The van der Waals surface area contributed by atoms with E-state index in [0.29, 0.717) is 0 Å². The van der Waals surface area contributed by atoms with E-state index in [1.54, 1.807) is 11.1 Å². The van der Waals surface area contributed by atoms with Gasteiger partial charge in [0.1, 0.15) is 6.71 Å². The molecule has 1 aliphatic heterocycles. The van der Waals surface area contributed by atoms with E-state index in [1.165, 1.54) is 12.6 Å². The van der Waals surface area contributed by atoms with Crippen LogP contribution in [0.3, 0.4) is 0 Å². The van der Waals surface area contributed by atoms with Crippen LogP contribution in [-0.4, -0.2) is 6.71 Å². The molecule has 0 saturated heterocycles. The standard InChI is InChI=1S/C9H11B/c1-10-6-8-4-2-3-5-9(8)7-10/h2-5H,6-7H2,1H3. The highest BCUT2D eigenvalue weighted by molar-refractivity contribution is 6.57. The minimum absolute atomic E-state index is 0.873. The quantitative estimate of drug-likeness (QED) is 0.471. The fourth-order valence-corrected chi connectivity index (χ4v) is 1.78. The molecule has 0 atom stereocenters. The zero-order valence-corrected chi connectivity index (χ0v) is 6.30. The average Bonchev–Trinajstić information content (AvgIpc) is 2.27. The van der Waals surface area contributed by atoms with Crippen LogP contribution in [0.4, 0.5) is 0 Å². The second-order valence-electron chi connectivity index (χ2n) is 3.28. The van der Waals surface area contributed by atoms with Gasteiger partial charge in [-0.2, -0.15) is 0 Å². The van der Waals surface area contributed by atoms with Crippen molar-refractivity contribution in [2.24, 2.45) is 0 Å². The van der Waals surface area contributed by atoms with Crippen LogP contribution in [0.15, 0.2) is 24.3 Å². The highest BCUT2D eigenvalue weighted by Gasteiger charge is 2.18. The van der Waals surface area contributed by atoms with Crippen LogP contribution in [0.5, 0.6) is 0 Å². The van der Waals surface area contributed by atoms with Gasteiger partial charge in [0.2, 0.25) is 0 Å². The molecule has 10 heavy (non-hydrogen) atoms. The molecule has 0 bridgehead atoms. The zero-order chi connectivity index (χ0) is 6.97. The molecule has 0 fully saturated rings. The lowest BCUT2D eigenvalue weighted by Crippen LogP contribution is -2.05. The molecule has 50 valence electrons. The Hall–Kier alpha value is -0.715. The lowest BCUT2D eigenvalue weighted by atomic mass is 9.50. The van der Waals surface area contributed by atoms with Crippen molar-refractivity contribution in [2.75, 3.05) is 0 Å². The molecule has 1 aromatic carbocycles. The number of hydrogen-bond donors (Lipinski definition) is 0. The maximum atomic E-state index is 2.32. The number of benzene rings is 1. The van der Waals surface area contributed by atoms with Crippen LogP contribution in [0, 0.1) is 0 Å². The first-order valence-electron chi connectivity index (χ1n) is 3.93. The first kappa shape index (κ1) is 6.02. The van der Waals surface area contributed by atoms with Gasteiger partial charge in [0.05, 0.1) is 0 Å². The summed E-state index contributed by atoms with van der Waals surface area (Å²) in [5.74, 6) is 0. The number of hydrogen-bond acceptors (Lipinski definition) is 0. The third-order valence-electron chi connectivity index (χ3n) is 2.26. The summed E-state index contributed by atoms with van der Waals surface area (Å²) in [5.41, 5.74) is 3.13. The Morgan fingerprint density at radius 1 is 1.10 bits per heavy atom. The van der Waals surface area contributed by atoms with E-state index in [2.05, 4.69) is 31.1 Å². The summed E-state index contributed by atoms with van der Waals surface area (Å²) in [6, 6.07) is 8.77. The summed E-state index contributed by atoms with van der Waals surface area (Å²) < 4.78 is 0. The Balaban J connectivity index is 2.42. The van der Waals surface area contributed by atoms with E-state index < -0.39 is 0 Å². The molecule has 0 N–H and O–H groups in total. The topological polar surface area (TPSA) is 0 Å². The van der Waals surface area contributed by atoms with Crippen LogP contribution in [0.2, 0.25) is 6.82 Å². The summed E-state index contributed by atoms with van der Waals surface area (Å²) in [6.45, 7) is 3.19. The zero-order valence-electron chi connectivity index (χ0n) is 6.30. The van der Waals surface area contributed by atoms with Gasteiger partial charge < -0.3 is 0 Å². The summed E-state index contributed by atoms with van der Waals surface area (Å²) in [6.07, 6.45) is 2.58. The molecule has 0 spiro atoms. The summed E-state index contributed by atoms with van der Waals surface area (Å²) in [7, 11) is 0. The Morgan fingerprint density at radius 2 is 1.60 bits per heavy atom. The van der Waals surface area contributed by atoms with E-state index in [0.717, 1.165) is 6.71 Å². The Morgan fingerprint density at radius 3 is 2.10 bits per heavy atom. The molecule has 2 rings (SSSR count). The molecule has 1 aromatic rings. The molecule has 0 aliphatic carbocycles. The first-order valence-corrected chi connectivity index (χ1v) is 3.93. The third-order valence-corrected chi connectivity index (χ3v) is 2.26. The van der Waals surface area contributed by atoms with E-state index in [9.17, 15) is 0 Å². The fourth-order valence-electron chi connectivity index (χ4n) is 1.78. The number of rotatable bonds is 0. The molecule has 0 nitrogen and oxygen atoms in total. The molecular formula is C9H11B.